The predicted molar refractivity (Wildman–Crippen MR) is 145 cm³/mol. The van der Waals surface area contributed by atoms with E-state index in [-0.39, 0.29) is 24.0 Å². The third-order valence-electron chi connectivity index (χ3n) is 6.92. The first-order valence-corrected chi connectivity index (χ1v) is 12.9. The summed E-state index contributed by atoms with van der Waals surface area (Å²) in [6, 6.07) is 14.7. The number of likely N-dealkylation sites (tertiary alicyclic amines) is 1. The molecule has 8 nitrogen and oxygen atoms in total. The van der Waals surface area contributed by atoms with Gasteiger partial charge >= 0.3 is 0 Å². The van der Waals surface area contributed by atoms with E-state index in [1.165, 1.54) is 6.33 Å². The molecule has 1 saturated heterocycles. The van der Waals surface area contributed by atoms with Gasteiger partial charge in [0, 0.05) is 36.5 Å². The summed E-state index contributed by atoms with van der Waals surface area (Å²) >= 11 is 6.54. The molecule has 3 N–H and O–H groups in total. The van der Waals surface area contributed by atoms with Crippen molar-refractivity contribution in [2.24, 2.45) is 0 Å². The number of hydrogen-bond acceptors (Lipinski definition) is 7. The Hall–Kier alpha value is -3.46. The van der Waals surface area contributed by atoms with Crippen molar-refractivity contribution in [2.75, 3.05) is 18.4 Å². The molecule has 3 heterocycles. The lowest BCUT2D eigenvalue weighted by molar-refractivity contribution is 0.0362. The zero-order valence-corrected chi connectivity index (χ0v) is 21.6. The third kappa shape index (κ3) is 5.32. The van der Waals surface area contributed by atoms with Crippen molar-refractivity contribution in [2.45, 2.75) is 44.9 Å². The van der Waals surface area contributed by atoms with Crippen LogP contribution in [-0.4, -0.2) is 62.0 Å². The number of aliphatic hydroxyl groups excluding tert-OH is 1. The number of ether oxygens (including phenoxy) is 1. The Morgan fingerprint density at radius 1 is 1.19 bits per heavy atom. The fraction of sp³-hybridized carbons (Fsp3) is 0.321. The van der Waals surface area contributed by atoms with E-state index < -0.39 is 0 Å². The lowest BCUT2D eigenvalue weighted by atomic mass is 9.94. The average molecular weight is 520 g/mol. The Kier molecular flexibility index (Phi) is 7.41. The van der Waals surface area contributed by atoms with Crippen LogP contribution in [0.2, 0.25) is 5.02 Å². The summed E-state index contributed by atoms with van der Waals surface area (Å²) in [5.74, 6) is 1.61. The van der Waals surface area contributed by atoms with Gasteiger partial charge in [0.2, 0.25) is 0 Å². The van der Waals surface area contributed by atoms with E-state index >= 15 is 0 Å². The van der Waals surface area contributed by atoms with Gasteiger partial charge in [-0.2, -0.15) is 0 Å². The number of carbonyl (C=O) groups is 1. The molecule has 0 aliphatic carbocycles. The van der Waals surface area contributed by atoms with Crippen LogP contribution in [0.4, 0.5) is 5.82 Å². The first-order valence-electron chi connectivity index (χ1n) is 12.5. The van der Waals surface area contributed by atoms with Gasteiger partial charge in [0.1, 0.15) is 29.3 Å². The van der Waals surface area contributed by atoms with Crippen molar-refractivity contribution in [1.82, 2.24) is 19.9 Å². The Bertz CT molecular complexity index is 1390. The highest BCUT2D eigenvalue weighted by atomic mass is 35.5. The van der Waals surface area contributed by atoms with Crippen LogP contribution in [0.15, 0.2) is 61.1 Å². The molecule has 3 unspecified atom stereocenters. The van der Waals surface area contributed by atoms with Crippen LogP contribution in [-0.2, 0) is 0 Å². The summed E-state index contributed by atoms with van der Waals surface area (Å²) in [5, 5.41) is 14.6. The monoisotopic (exact) mass is 519 g/mol. The van der Waals surface area contributed by atoms with Crippen molar-refractivity contribution in [3.8, 4) is 11.5 Å². The molecule has 3 atom stereocenters. The number of piperidine rings is 1. The summed E-state index contributed by atoms with van der Waals surface area (Å²) in [4.78, 5) is 27.8. The third-order valence-corrected chi connectivity index (χ3v) is 7.23. The zero-order chi connectivity index (χ0) is 25.9. The second-order valence-electron chi connectivity index (χ2n) is 9.35. The minimum Gasteiger partial charge on any atom is -0.457 e. The number of aromatic amines is 1. The van der Waals surface area contributed by atoms with Crippen molar-refractivity contribution in [1.29, 1.82) is 0 Å². The number of para-hydroxylation sites is 1. The van der Waals surface area contributed by atoms with E-state index in [9.17, 15) is 9.90 Å². The smallest absolute Gasteiger partial charge is 0.196 e. The van der Waals surface area contributed by atoms with Crippen molar-refractivity contribution in [3.63, 3.8) is 0 Å². The molecule has 4 aromatic rings. The fourth-order valence-corrected chi connectivity index (χ4v) is 5.31. The molecule has 0 saturated carbocycles. The molecule has 0 radical (unpaired) electrons. The van der Waals surface area contributed by atoms with E-state index in [2.05, 4.69) is 32.1 Å². The number of hydrogen-bond donors (Lipinski definition) is 3. The summed E-state index contributed by atoms with van der Waals surface area (Å²) in [6.45, 7) is 5.57. The van der Waals surface area contributed by atoms with Gasteiger partial charge < -0.3 is 20.1 Å². The van der Waals surface area contributed by atoms with Gasteiger partial charge in [0.05, 0.1) is 22.1 Å². The number of likely N-dealkylation sites (N-methyl/N-ethyl adjacent to an activating group) is 1. The van der Waals surface area contributed by atoms with E-state index in [0.717, 1.165) is 25.9 Å². The largest absolute Gasteiger partial charge is 0.457 e. The highest BCUT2D eigenvalue weighted by Crippen LogP contribution is 2.32. The molecule has 0 amide bonds. The Labute approximate surface area is 220 Å². The number of nitrogens with one attached hydrogen (secondary N) is 2. The van der Waals surface area contributed by atoms with Crippen LogP contribution >= 0.6 is 11.6 Å². The van der Waals surface area contributed by atoms with Crippen molar-refractivity contribution < 1.29 is 14.6 Å². The molecule has 192 valence electrons. The van der Waals surface area contributed by atoms with Gasteiger partial charge in [-0.15, -0.1) is 0 Å². The normalized spacial score (nSPS) is 19.0. The van der Waals surface area contributed by atoms with Crippen molar-refractivity contribution in [3.05, 3.63) is 77.2 Å². The predicted octanol–water partition coefficient (Wildman–Crippen LogP) is 5.28. The number of ketones is 1. The second kappa shape index (κ2) is 10.9. The van der Waals surface area contributed by atoms with Crippen LogP contribution in [0.3, 0.4) is 0 Å². The Morgan fingerprint density at radius 3 is 2.73 bits per heavy atom. The number of H-pyrrole nitrogens is 1. The molecule has 37 heavy (non-hydrogen) atoms. The number of aromatic nitrogens is 3. The van der Waals surface area contributed by atoms with Crippen molar-refractivity contribution >= 4 is 34.2 Å². The molecule has 0 bridgehead atoms. The number of carbonyl (C=O) groups excluding carboxylic acids is 1. The average Bonchev–Trinajstić information content (AvgIpc) is 3.34. The summed E-state index contributed by atoms with van der Waals surface area (Å²) in [6.07, 6.45) is 4.52. The lowest BCUT2D eigenvalue weighted by Crippen LogP contribution is -2.51. The molecule has 9 heteroatoms. The first kappa shape index (κ1) is 25.2. The number of anilines is 1. The van der Waals surface area contributed by atoms with Gasteiger partial charge in [0.25, 0.3) is 0 Å². The standard InChI is InChI=1S/C28H30ClN5O3/c1-3-34-15-18(9-12-24(34)17(2)35)33-28-25-22(14-30-27(25)31-16-32-28)26(36)21-11-10-20(13-23(21)29)37-19-7-5-4-6-8-19/h4-8,10-11,13-14,16-18,24,35H,3,9,12,15H2,1-2H3,(H2,30,31,32,33). The number of rotatable bonds is 8. The van der Waals surface area contributed by atoms with Gasteiger partial charge in [-0.05, 0) is 50.6 Å². The van der Waals surface area contributed by atoms with E-state index in [0.29, 0.717) is 44.5 Å². The molecule has 0 spiro atoms. The maximum absolute atomic E-state index is 13.6. The minimum atomic E-state index is -0.380. The molecular formula is C28H30ClN5O3. The van der Waals surface area contributed by atoms with E-state index in [1.54, 1.807) is 24.4 Å². The second-order valence-corrected chi connectivity index (χ2v) is 9.76. The first-order chi connectivity index (χ1) is 17.9. The van der Waals surface area contributed by atoms with Gasteiger partial charge in [-0.25, -0.2) is 9.97 Å². The maximum Gasteiger partial charge on any atom is 0.196 e. The molecule has 1 fully saturated rings. The molecular weight excluding hydrogens is 490 g/mol. The Morgan fingerprint density at radius 2 is 2.00 bits per heavy atom. The van der Waals surface area contributed by atoms with Crippen LogP contribution in [0.25, 0.3) is 11.0 Å². The number of halogens is 1. The Balaban J connectivity index is 1.39. The van der Waals surface area contributed by atoms with Crippen LogP contribution < -0.4 is 10.1 Å². The van der Waals surface area contributed by atoms with E-state index in [4.69, 9.17) is 16.3 Å². The quantitative estimate of drug-likeness (QED) is 0.272. The van der Waals surface area contributed by atoms with Crippen LogP contribution in [0.5, 0.6) is 11.5 Å². The summed E-state index contributed by atoms with van der Waals surface area (Å²) < 4.78 is 5.85. The lowest BCUT2D eigenvalue weighted by Gasteiger charge is -2.40. The van der Waals surface area contributed by atoms with Gasteiger partial charge in [0.15, 0.2) is 5.78 Å². The maximum atomic E-state index is 13.6. The summed E-state index contributed by atoms with van der Waals surface area (Å²) in [5.41, 5.74) is 1.39. The molecule has 1 aliphatic heterocycles. The minimum absolute atomic E-state index is 0.129. The molecule has 5 rings (SSSR count). The van der Waals surface area contributed by atoms with Crippen LogP contribution in [0, 0.1) is 0 Å². The summed E-state index contributed by atoms with van der Waals surface area (Å²) in [7, 11) is 0. The molecule has 2 aromatic carbocycles. The number of fused-ring (bicyclic) bond motifs is 1. The topological polar surface area (TPSA) is 103 Å². The van der Waals surface area contributed by atoms with Gasteiger partial charge in [-0.1, -0.05) is 36.7 Å². The number of nitrogens with zero attached hydrogens (tertiary/aromatic N) is 3. The molecule has 1 aliphatic rings. The van der Waals surface area contributed by atoms with Gasteiger partial charge in [-0.3, -0.25) is 9.69 Å². The van der Waals surface area contributed by atoms with E-state index in [1.807, 2.05) is 37.3 Å². The number of benzene rings is 2. The SMILES string of the molecule is CCN1CC(Nc2ncnc3[nH]cc(C(=O)c4ccc(Oc5ccccc5)cc4Cl)c23)CCC1C(C)O. The highest BCUT2D eigenvalue weighted by molar-refractivity contribution is 6.35. The fourth-order valence-electron chi connectivity index (χ4n) is 5.05. The zero-order valence-electron chi connectivity index (χ0n) is 20.8. The van der Waals surface area contributed by atoms with Crippen LogP contribution in [0.1, 0.15) is 42.6 Å². The molecule has 2 aromatic heterocycles. The highest BCUT2D eigenvalue weighted by Gasteiger charge is 2.31. The number of aliphatic hydroxyl groups is 1.